The highest BCUT2D eigenvalue weighted by molar-refractivity contribution is 7.92. The van der Waals surface area contributed by atoms with Crippen LogP contribution in [0.4, 0.5) is 0 Å². The summed E-state index contributed by atoms with van der Waals surface area (Å²) >= 11 is 0. The second-order valence-corrected chi connectivity index (χ2v) is 5.01. The molecular weight excluding hydrogens is 196 g/mol. The summed E-state index contributed by atoms with van der Waals surface area (Å²) in [6.07, 6.45) is 0.949. The zero-order chi connectivity index (χ0) is 10.6. The maximum Gasteiger partial charge on any atom is 0.256 e. The number of carbonyl (C=O) groups excluding carboxylic acids is 2. The highest BCUT2D eigenvalue weighted by Crippen LogP contribution is 1.96. The minimum absolute atomic E-state index is 0.464. The molecule has 76 valence electrons. The molecule has 0 aliphatic heterocycles. The summed E-state index contributed by atoms with van der Waals surface area (Å²) < 4.78 is 21.7. The van der Waals surface area contributed by atoms with Crippen molar-refractivity contribution in [1.82, 2.24) is 10.9 Å². The molecule has 1 unspecified atom stereocenters. The molecule has 0 saturated heterocycles. The van der Waals surface area contributed by atoms with E-state index in [0.29, 0.717) is 0 Å². The second-order valence-electron chi connectivity index (χ2n) is 2.64. The maximum absolute atomic E-state index is 11.0. The van der Waals surface area contributed by atoms with Gasteiger partial charge in [-0.25, -0.2) is 8.42 Å². The predicted octanol–water partition coefficient (Wildman–Crippen LogP) is -1.41. The smallest absolute Gasteiger partial charge is 0.256 e. The summed E-state index contributed by atoms with van der Waals surface area (Å²) in [4.78, 5) is 21.3. The lowest BCUT2D eigenvalue weighted by Crippen LogP contribution is -2.46. The molecule has 0 aliphatic carbocycles. The van der Waals surface area contributed by atoms with Crippen LogP contribution in [-0.4, -0.2) is 31.7 Å². The van der Waals surface area contributed by atoms with Crippen LogP contribution in [0.3, 0.4) is 0 Å². The van der Waals surface area contributed by atoms with Crippen molar-refractivity contribution in [1.29, 1.82) is 0 Å². The van der Waals surface area contributed by atoms with Crippen molar-refractivity contribution in [3.05, 3.63) is 0 Å². The molecule has 0 aromatic carbocycles. The summed E-state index contributed by atoms with van der Waals surface area (Å²) in [5.41, 5.74) is 3.97. The van der Waals surface area contributed by atoms with Gasteiger partial charge >= 0.3 is 0 Å². The van der Waals surface area contributed by atoms with Gasteiger partial charge in [-0.3, -0.25) is 20.4 Å². The Morgan fingerprint density at radius 3 is 2.00 bits per heavy atom. The summed E-state index contributed by atoms with van der Waals surface area (Å²) in [5, 5.41) is -1.17. The van der Waals surface area contributed by atoms with Gasteiger partial charge in [-0.05, 0) is 6.92 Å². The standard InChI is InChI=1S/C6H12N2O4S/c1-4(13(3,11)12)6(10)8-7-5(2)9/h4H,1-3H3,(H,7,9)(H,8,10). The van der Waals surface area contributed by atoms with Crippen LogP contribution in [0.5, 0.6) is 0 Å². The monoisotopic (exact) mass is 208 g/mol. The highest BCUT2D eigenvalue weighted by Gasteiger charge is 2.23. The Bertz CT molecular complexity index is 309. The average molecular weight is 208 g/mol. The minimum Gasteiger partial charge on any atom is -0.274 e. The van der Waals surface area contributed by atoms with Crippen molar-refractivity contribution in [3.63, 3.8) is 0 Å². The van der Waals surface area contributed by atoms with E-state index >= 15 is 0 Å². The molecule has 2 N–H and O–H groups in total. The van der Waals surface area contributed by atoms with E-state index in [-0.39, 0.29) is 0 Å². The Balaban J connectivity index is 4.22. The van der Waals surface area contributed by atoms with Crippen LogP contribution in [0.2, 0.25) is 0 Å². The largest absolute Gasteiger partial charge is 0.274 e. The van der Waals surface area contributed by atoms with Gasteiger partial charge < -0.3 is 0 Å². The molecule has 13 heavy (non-hydrogen) atoms. The Morgan fingerprint density at radius 2 is 1.69 bits per heavy atom. The third kappa shape index (κ3) is 4.46. The van der Waals surface area contributed by atoms with Crippen molar-refractivity contribution < 1.29 is 18.0 Å². The van der Waals surface area contributed by atoms with Crippen molar-refractivity contribution in [2.24, 2.45) is 0 Å². The van der Waals surface area contributed by atoms with Crippen molar-refractivity contribution in [2.75, 3.05) is 6.26 Å². The lowest BCUT2D eigenvalue weighted by molar-refractivity contribution is -0.127. The Morgan fingerprint density at radius 1 is 1.23 bits per heavy atom. The molecule has 1 atom stereocenters. The van der Waals surface area contributed by atoms with Crippen LogP contribution in [0.15, 0.2) is 0 Å². The van der Waals surface area contributed by atoms with Gasteiger partial charge in [0.25, 0.3) is 5.91 Å². The van der Waals surface area contributed by atoms with E-state index in [1.165, 1.54) is 13.8 Å². The first-order valence-electron chi connectivity index (χ1n) is 3.50. The normalized spacial score (nSPS) is 13.2. The van der Waals surface area contributed by atoms with Crippen molar-refractivity contribution in [2.45, 2.75) is 19.1 Å². The predicted molar refractivity (Wildman–Crippen MR) is 46.3 cm³/mol. The number of carbonyl (C=O) groups is 2. The van der Waals surface area contributed by atoms with Crippen LogP contribution in [-0.2, 0) is 19.4 Å². The van der Waals surface area contributed by atoms with Crippen LogP contribution in [0.1, 0.15) is 13.8 Å². The SMILES string of the molecule is CC(=O)NNC(=O)C(C)S(C)(=O)=O. The van der Waals surface area contributed by atoms with Crippen molar-refractivity contribution in [3.8, 4) is 0 Å². The second kappa shape index (κ2) is 4.22. The van der Waals surface area contributed by atoms with Gasteiger partial charge in [0, 0.05) is 13.2 Å². The van der Waals surface area contributed by atoms with Gasteiger partial charge in [-0.1, -0.05) is 0 Å². The van der Waals surface area contributed by atoms with E-state index in [1.54, 1.807) is 0 Å². The molecule has 0 saturated carbocycles. The molecule has 0 aromatic rings. The number of hydrogen-bond acceptors (Lipinski definition) is 4. The lowest BCUT2D eigenvalue weighted by atomic mass is 10.5. The van der Waals surface area contributed by atoms with Crippen LogP contribution in [0.25, 0.3) is 0 Å². The molecule has 0 rings (SSSR count). The first-order chi connectivity index (χ1) is 5.75. The first kappa shape index (κ1) is 11.9. The molecule has 0 bridgehead atoms. The summed E-state index contributed by atoms with van der Waals surface area (Å²) in [5.74, 6) is -1.22. The third-order valence-corrected chi connectivity index (χ3v) is 2.87. The van der Waals surface area contributed by atoms with Crippen molar-refractivity contribution >= 4 is 21.7 Å². The zero-order valence-corrected chi connectivity index (χ0v) is 8.44. The van der Waals surface area contributed by atoms with Crippen LogP contribution < -0.4 is 10.9 Å². The third-order valence-electron chi connectivity index (χ3n) is 1.37. The van der Waals surface area contributed by atoms with Gasteiger partial charge in [0.15, 0.2) is 9.84 Å². The Labute approximate surface area is 76.6 Å². The van der Waals surface area contributed by atoms with E-state index in [4.69, 9.17) is 0 Å². The molecular formula is C6H12N2O4S. The molecule has 6 nitrogen and oxygen atoms in total. The number of hydrogen-bond donors (Lipinski definition) is 2. The Kier molecular flexibility index (Phi) is 3.86. The number of rotatable bonds is 2. The summed E-state index contributed by atoms with van der Waals surface area (Å²) in [6.45, 7) is 2.44. The van der Waals surface area contributed by atoms with Gasteiger partial charge in [0.2, 0.25) is 5.91 Å². The first-order valence-corrected chi connectivity index (χ1v) is 5.46. The van der Waals surface area contributed by atoms with E-state index in [0.717, 1.165) is 6.26 Å². The molecule has 0 aromatic heterocycles. The minimum atomic E-state index is -3.41. The van der Waals surface area contributed by atoms with Gasteiger partial charge in [-0.2, -0.15) is 0 Å². The summed E-state index contributed by atoms with van der Waals surface area (Å²) in [6, 6.07) is 0. The Hall–Kier alpha value is -1.11. The molecule has 0 aliphatic rings. The number of nitrogens with one attached hydrogen (secondary N) is 2. The number of hydrazine groups is 1. The molecule has 7 heteroatoms. The maximum atomic E-state index is 11.0. The topological polar surface area (TPSA) is 92.3 Å². The van der Waals surface area contributed by atoms with E-state index < -0.39 is 26.9 Å². The number of sulfone groups is 1. The fourth-order valence-corrected chi connectivity index (χ4v) is 0.893. The van der Waals surface area contributed by atoms with E-state index in [9.17, 15) is 18.0 Å². The quantitative estimate of drug-likeness (QED) is 0.545. The van der Waals surface area contributed by atoms with E-state index in [2.05, 4.69) is 0 Å². The van der Waals surface area contributed by atoms with E-state index in [1.807, 2.05) is 10.9 Å². The zero-order valence-electron chi connectivity index (χ0n) is 7.62. The van der Waals surface area contributed by atoms with Gasteiger partial charge in [0.05, 0.1) is 0 Å². The number of amides is 2. The fourth-order valence-electron chi connectivity index (χ4n) is 0.446. The average Bonchev–Trinajstić information content (AvgIpc) is 1.96. The summed E-state index contributed by atoms with van der Waals surface area (Å²) in [7, 11) is -3.41. The molecule has 0 radical (unpaired) electrons. The molecule has 0 fully saturated rings. The highest BCUT2D eigenvalue weighted by atomic mass is 32.2. The van der Waals surface area contributed by atoms with Crippen LogP contribution >= 0.6 is 0 Å². The fraction of sp³-hybridized carbons (Fsp3) is 0.667. The molecule has 0 heterocycles. The van der Waals surface area contributed by atoms with Gasteiger partial charge in [0.1, 0.15) is 5.25 Å². The lowest BCUT2D eigenvalue weighted by Gasteiger charge is -2.09. The van der Waals surface area contributed by atoms with Crippen LogP contribution in [0, 0.1) is 0 Å². The molecule has 0 spiro atoms. The van der Waals surface area contributed by atoms with Gasteiger partial charge in [-0.15, -0.1) is 0 Å². The molecule has 2 amide bonds.